The summed E-state index contributed by atoms with van der Waals surface area (Å²) in [5.41, 5.74) is 1.38. The van der Waals surface area contributed by atoms with Gasteiger partial charge in [0.05, 0.1) is 5.69 Å². The minimum Gasteiger partial charge on any atom is -0.359 e. The summed E-state index contributed by atoms with van der Waals surface area (Å²) in [5, 5.41) is 4.67. The first kappa shape index (κ1) is 8.72. The van der Waals surface area contributed by atoms with Crippen molar-refractivity contribution in [3.63, 3.8) is 0 Å². The Morgan fingerprint density at radius 2 is 2.21 bits per heavy atom. The van der Waals surface area contributed by atoms with Crippen molar-refractivity contribution in [2.24, 2.45) is 0 Å². The molecule has 3 rings (SSSR count). The van der Waals surface area contributed by atoms with E-state index in [1.807, 2.05) is 11.3 Å². The van der Waals surface area contributed by atoms with Crippen molar-refractivity contribution < 1.29 is 0 Å². The third-order valence-corrected chi connectivity index (χ3v) is 4.20. The number of hydrogen-bond donors (Lipinski definition) is 1. The Kier molecular flexibility index (Phi) is 2.01. The second kappa shape index (κ2) is 3.23. The fraction of sp³-hybridized carbons (Fsp3) is 0.727. The Labute approximate surface area is 88.7 Å². The molecular formula is C11H16N2S. The number of anilines is 1. The number of fused-ring (bicyclic) bond motifs is 1. The summed E-state index contributed by atoms with van der Waals surface area (Å²) in [6.45, 7) is 2.30. The van der Waals surface area contributed by atoms with E-state index in [0.717, 1.165) is 6.04 Å². The molecule has 0 spiro atoms. The van der Waals surface area contributed by atoms with E-state index in [0.29, 0.717) is 5.92 Å². The van der Waals surface area contributed by atoms with E-state index < -0.39 is 0 Å². The standard InChI is InChI=1S/C11H16N2S/c1-7-3-2-4-9-10(7)13-11(14-9)12-8-5-6-8/h7-8H,2-6H2,1H3,(H,12,13). The van der Waals surface area contributed by atoms with Crippen LogP contribution in [0.1, 0.15) is 49.1 Å². The second-order valence-corrected chi connectivity index (χ2v) is 5.62. The summed E-state index contributed by atoms with van der Waals surface area (Å²) >= 11 is 1.89. The van der Waals surface area contributed by atoms with Crippen LogP contribution < -0.4 is 5.32 Å². The molecule has 0 bridgehead atoms. The van der Waals surface area contributed by atoms with Gasteiger partial charge in [-0.2, -0.15) is 0 Å². The number of thiazole rings is 1. The molecular weight excluding hydrogens is 192 g/mol. The third-order valence-electron chi connectivity index (χ3n) is 3.14. The number of aromatic nitrogens is 1. The van der Waals surface area contributed by atoms with E-state index in [4.69, 9.17) is 4.98 Å². The van der Waals surface area contributed by atoms with Gasteiger partial charge in [0, 0.05) is 10.9 Å². The molecule has 0 amide bonds. The van der Waals surface area contributed by atoms with Crippen molar-refractivity contribution in [1.82, 2.24) is 4.98 Å². The van der Waals surface area contributed by atoms with Crippen LogP contribution in [0.4, 0.5) is 5.13 Å². The molecule has 0 aliphatic heterocycles. The van der Waals surface area contributed by atoms with Crippen molar-refractivity contribution in [1.29, 1.82) is 0 Å². The first-order chi connectivity index (χ1) is 6.83. The van der Waals surface area contributed by atoms with Gasteiger partial charge in [0.1, 0.15) is 0 Å². The molecule has 1 heterocycles. The molecule has 1 atom stereocenters. The van der Waals surface area contributed by atoms with Crippen molar-refractivity contribution in [2.45, 2.75) is 51.0 Å². The lowest BCUT2D eigenvalue weighted by atomic mass is 9.93. The van der Waals surface area contributed by atoms with Crippen LogP contribution in [0, 0.1) is 0 Å². The average molecular weight is 208 g/mol. The summed E-state index contributed by atoms with van der Waals surface area (Å²) in [7, 11) is 0. The van der Waals surface area contributed by atoms with Gasteiger partial charge in [0.2, 0.25) is 0 Å². The molecule has 2 aliphatic carbocycles. The molecule has 0 radical (unpaired) electrons. The van der Waals surface area contributed by atoms with Gasteiger partial charge in [-0.1, -0.05) is 6.92 Å². The third kappa shape index (κ3) is 1.54. The normalized spacial score (nSPS) is 25.9. The zero-order valence-electron chi connectivity index (χ0n) is 8.55. The van der Waals surface area contributed by atoms with Crippen LogP contribution in [-0.2, 0) is 6.42 Å². The lowest BCUT2D eigenvalue weighted by Crippen LogP contribution is -2.05. The summed E-state index contributed by atoms with van der Waals surface area (Å²) in [4.78, 5) is 6.25. The van der Waals surface area contributed by atoms with Crippen molar-refractivity contribution >= 4 is 16.5 Å². The fourth-order valence-electron chi connectivity index (χ4n) is 2.10. The summed E-state index contributed by atoms with van der Waals surface area (Å²) < 4.78 is 0. The first-order valence-corrected chi connectivity index (χ1v) is 6.40. The maximum absolute atomic E-state index is 4.72. The number of aryl methyl sites for hydroxylation is 1. The molecule has 1 aromatic heterocycles. The van der Waals surface area contributed by atoms with E-state index in [1.54, 1.807) is 0 Å². The zero-order chi connectivity index (χ0) is 9.54. The second-order valence-electron chi connectivity index (χ2n) is 4.54. The molecule has 1 saturated carbocycles. The Morgan fingerprint density at radius 1 is 1.36 bits per heavy atom. The summed E-state index contributed by atoms with van der Waals surface area (Å²) in [6, 6.07) is 0.734. The van der Waals surface area contributed by atoms with Gasteiger partial charge in [0.25, 0.3) is 0 Å². The number of rotatable bonds is 2. The largest absolute Gasteiger partial charge is 0.359 e. The van der Waals surface area contributed by atoms with E-state index >= 15 is 0 Å². The van der Waals surface area contributed by atoms with E-state index in [1.165, 1.54) is 47.8 Å². The maximum atomic E-state index is 4.72. The van der Waals surface area contributed by atoms with Crippen LogP contribution in [0.2, 0.25) is 0 Å². The lowest BCUT2D eigenvalue weighted by Gasteiger charge is -2.15. The minimum atomic E-state index is 0.685. The SMILES string of the molecule is CC1CCCc2sc(NC3CC3)nc21. The van der Waals surface area contributed by atoms with Crippen LogP contribution >= 0.6 is 11.3 Å². The predicted molar refractivity (Wildman–Crippen MR) is 60.1 cm³/mol. The molecule has 14 heavy (non-hydrogen) atoms. The number of nitrogens with zero attached hydrogens (tertiary/aromatic N) is 1. The topological polar surface area (TPSA) is 24.9 Å². The molecule has 2 nitrogen and oxygen atoms in total. The van der Waals surface area contributed by atoms with Gasteiger partial charge in [-0.15, -0.1) is 11.3 Å². The predicted octanol–water partition coefficient (Wildman–Crippen LogP) is 3.16. The Morgan fingerprint density at radius 3 is 2.93 bits per heavy atom. The molecule has 0 saturated heterocycles. The fourth-order valence-corrected chi connectivity index (χ4v) is 3.30. The minimum absolute atomic E-state index is 0.685. The van der Waals surface area contributed by atoms with Crippen molar-refractivity contribution in [2.75, 3.05) is 5.32 Å². The highest BCUT2D eigenvalue weighted by Crippen LogP contribution is 2.37. The lowest BCUT2D eigenvalue weighted by molar-refractivity contribution is 0.584. The van der Waals surface area contributed by atoms with E-state index in [9.17, 15) is 0 Å². The van der Waals surface area contributed by atoms with Gasteiger partial charge < -0.3 is 5.32 Å². The van der Waals surface area contributed by atoms with Crippen molar-refractivity contribution in [3.05, 3.63) is 10.6 Å². The molecule has 1 fully saturated rings. The van der Waals surface area contributed by atoms with Gasteiger partial charge in [-0.25, -0.2) is 4.98 Å². The Bertz CT molecular complexity index is 341. The quantitative estimate of drug-likeness (QED) is 0.807. The molecule has 2 aliphatic rings. The molecule has 1 aromatic rings. The van der Waals surface area contributed by atoms with Crippen LogP contribution in [0.3, 0.4) is 0 Å². The van der Waals surface area contributed by atoms with Gasteiger partial charge in [-0.05, 0) is 38.0 Å². The van der Waals surface area contributed by atoms with Crippen LogP contribution in [0.15, 0.2) is 0 Å². The van der Waals surface area contributed by atoms with Crippen LogP contribution in [0.5, 0.6) is 0 Å². The number of hydrogen-bond acceptors (Lipinski definition) is 3. The highest BCUT2D eigenvalue weighted by atomic mass is 32.1. The first-order valence-electron chi connectivity index (χ1n) is 5.59. The monoisotopic (exact) mass is 208 g/mol. The summed E-state index contributed by atoms with van der Waals surface area (Å²) in [5.74, 6) is 0.685. The smallest absolute Gasteiger partial charge is 0.183 e. The summed E-state index contributed by atoms with van der Waals surface area (Å²) in [6.07, 6.45) is 6.59. The highest BCUT2D eigenvalue weighted by Gasteiger charge is 2.25. The van der Waals surface area contributed by atoms with E-state index in [-0.39, 0.29) is 0 Å². The average Bonchev–Trinajstić information content (AvgIpc) is 2.84. The van der Waals surface area contributed by atoms with E-state index in [2.05, 4.69) is 12.2 Å². The molecule has 1 unspecified atom stereocenters. The zero-order valence-corrected chi connectivity index (χ0v) is 9.36. The van der Waals surface area contributed by atoms with Crippen LogP contribution in [0.25, 0.3) is 0 Å². The van der Waals surface area contributed by atoms with Gasteiger partial charge in [0.15, 0.2) is 5.13 Å². The Hall–Kier alpha value is -0.570. The van der Waals surface area contributed by atoms with Crippen molar-refractivity contribution in [3.8, 4) is 0 Å². The molecule has 76 valence electrons. The molecule has 3 heteroatoms. The Balaban J connectivity index is 1.85. The molecule has 0 aromatic carbocycles. The van der Waals surface area contributed by atoms with Crippen LogP contribution in [-0.4, -0.2) is 11.0 Å². The van der Waals surface area contributed by atoms with Gasteiger partial charge >= 0.3 is 0 Å². The maximum Gasteiger partial charge on any atom is 0.183 e. The highest BCUT2D eigenvalue weighted by molar-refractivity contribution is 7.15. The van der Waals surface area contributed by atoms with Gasteiger partial charge in [-0.3, -0.25) is 0 Å². The molecule has 1 N–H and O–H groups in total. The number of nitrogens with one attached hydrogen (secondary N) is 1.